The van der Waals surface area contributed by atoms with Crippen LogP contribution in [0.4, 0.5) is 0 Å². The minimum absolute atomic E-state index is 0.393. The summed E-state index contributed by atoms with van der Waals surface area (Å²) >= 11 is 0. The average Bonchev–Trinajstić information content (AvgIpc) is 2.80. The van der Waals surface area contributed by atoms with E-state index in [1.165, 1.54) is 0 Å². The Bertz CT molecular complexity index is 961. The second-order valence-corrected chi connectivity index (χ2v) is 9.67. The van der Waals surface area contributed by atoms with Gasteiger partial charge in [0.15, 0.2) is 0 Å². The molecular formula is C27H36O7. The molecule has 2 aromatic carbocycles. The summed E-state index contributed by atoms with van der Waals surface area (Å²) in [5, 5.41) is 18.5. The monoisotopic (exact) mass is 472 g/mol. The first-order chi connectivity index (χ1) is 16.0. The van der Waals surface area contributed by atoms with E-state index in [1.807, 2.05) is 42.5 Å². The zero-order valence-corrected chi connectivity index (χ0v) is 20.7. The number of carbonyl (C=O) groups is 2. The summed E-state index contributed by atoms with van der Waals surface area (Å²) < 4.78 is 17.2. The SMILES string of the molecule is COc1ccc(-c2cc(OCCCC(C)(C)C(=O)O)ccc2OCCCC(C)(C)C(=O)O)cc1. The van der Waals surface area contributed by atoms with Crippen molar-refractivity contribution in [2.75, 3.05) is 20.3 Å². The van der Waals surface area contributed by atoms with Crippen LogP contribution in [0.3, 0.4) is 0 Å². The van der Waals surface area contributed by atoms with E-state index in [-0.39, 0.29) is 0 Å². The number of rotatable bonds is 14. The van der Waals surface area contributed by atoms with Gasteiger partial charge in [0.1, 0.15) is 17.2 Å². The molecule has 0 saturated carbocycles. The van der Waals surface area contributed by atoms with Crippen molar-refractivity contribution in [3.63, 3.8) is 0 Å². The predicted molar refractivity (Wildman–Crippen MR) is 131 cm³/mol. The highest BCUT2D eigenvalue weighted by Gasteiger charge is 2.27. The van der Waals surface area contributed by atoms with Crippen molar-refractivity contribution in [1.29, 1.82) is 0 Å². The van der Waals surface area contributed by atoms with Crippen LogP contribution in [0.25, 0.3) is 11.1 Å². The molecule has 0 unspecified atom stereocenters. The summed E-state index contributed by atoms with van der Waals surface area (Å²) in [6, 6.07) is 13.2. The summed E-state index contributed by atoms with van der Waals surface area (Å²) in [5.74, 6) is 0.453. The molecule has 0 spiro atoms. The van der Waals surface area contributed by atoms with Crippen LogP contribution in [0.15, 0.2) is 42.5 Å². The predicted octanol–water partition coefficient (Wildman–Crippen LogP) is 5.90. The smallest absolute Gasteiger partial charge is 0.309 e. The van der Waals surface area contributed by atoms with Gasteiger partial charge in [0, 0.05) is 5.56 Å². The zero-order valence-electron chi connectivity index (χ0n) is 20.7. The van der Waals surface area contributed by atoms with Crippen molar-refractivity contribution < 1.29 is 34.0 Å². The molecule has 0 heterocycles. The van der Waals surface area contributed by atoms with Gasteiger partial charge in [-0.3, -0.25) is 9.59 Å². The second kappa shape index (κ2) is 11.8. The molecule has 0 fully saturated rings. The van der Waals surface area contributed by atoms with Crippen molar-refractivity contribution in [1.82, 2.24) is 0 Å². The fourth-order valence-corrected chi connectivity index (χ4v) is 3.34. The molecule has 0 radical (unpaired) electrons. The largest absolute Gasteiger partial charge is 0.497 e. The molecule has 0 aliphatic rings. The van der Waals surface area contributed by atoms with Gasteiger partial charge in [0.25, 0.3) is 0 Å². The van der Waals surface area contributed by atoms with Crippen molar-refractivity contribution in [2.45, 2.75) is 53.4 Å². The topological polar surface area (TPSA) is 102 Å². The third-order valence-corrected chi connectivity index (χ3v) is 5.93. The maximum atomic E-state index is 11.3. The first-order valence-electron chi connectivity index (χ1n) is 11.5. The highest BCUT2D eigenvalue weighted by molar-refractivity contribution is 5.74. The van der Waals surface area contributed by atoms with Gasteiger partial charge in [-0.05, 0) is 89.3 Å². The van der Waals surface area contributed by atoms with Crippen LogP contribution in [0.1, 0.15) is 53.4 Å². The highest BCUT2D eigenvalue weighted by atomic mass is 16.5. The van der Waals surface area contributed by atoms with E-state index in [1.54, 1.807) is 34.8 Å². The van der Waals surface area contributed by atoms with Crippen molar-refractivity contribution in [3.8, 4) is 28.4 Å². The molecule has 0 bridgehead atoms. The van der Waals surface area contributed by atoms with E-state index < -0.39 is 22.8 Å². The number of hydrogen-bond acceptors (Lipinski definition) is 5. The van der Waals surface area contributed by atoms with Gasteiger partial charge in [0.2, 0.25) is 0 Å². The van der Waals surface area contributed by atoms with Crippen LogP contribution in [0.2, 0.25) is 0 Å². The lowest BCUT2D eigenvalue weighted by Gasteiger charge is -2.20. The summed E-state index contributed by atoms with van der Waals surface area (Å²) in [5.41, 5.74) is 0.196. The Labute approximate surface area is 201 Å². The van der Waals surface area contributed by atoms with Gasteiger partial charge in [-0.15, -0.1) is 0 Å². The number of ether oxygens (including phenoxy) is 3. The van der Waals surface area contributed by atoms with E-state index in [0.717, 1.165) is 16.9 Å². The zero-order chi connectivity index (χ0) is 25.4. The van der Waals surface area contributed by atoms with Crippen molar-refractivity contribution in [3.05, 3.63) is 42.5 Å². The molecule has 0 aliphatic carbocycles. The molecule has 0 amide bonds. The normalized spacial score (nSPS) is 11.7. The fourth-order valence-electron chi connectivity index (χ4n) is 3.34. The van der Waals surface area contributed by atoms with Gasteiger partial charge in [0.05, 0.1) is 31.2 Å². The number of aliphatic carboxylic acids is 2. The molecule has 0 aliphatic heterocycles. The summed E-state index contributed by atoms with van der Waals surface area (Å²) in [4.78, 5) is 22.6. The Morgan fingerprint density at radius 3 is 1.76 bits per heavy atom. The van der Waals surface area contributed by atoms with Crippen LogP contribution >= 0.6 is 0 Å². The maximum absolute atomic E-state index is 11.3. The Kier molecular flexibility index (Phi) is 9.36. The van der Waals surface area contributed by atoms with Crippen LogP contribution in [-0.4, -0.2) is 42.5 Å². The minimum atomic E-state index is -0.820. The van der Waals surface area contributed by atoms with Crippen LogP contribution < -0.4 is 14.2 Å². The van der Waals surface area contributed by atoms with Crippen molar-refractivity contribution in [2.24, 2.45) is 10.8 Å². The molecule has 186 valence electrons. The number of carboxylic acids is 2. The minimum Gasteiger partial charge on any atom is -0.497 e. The van der Waals surface area contributed by atoms with E-state index in [2.05, 4.69) is 0 Å². The first kappa shape index (κ1) is 27.0. The van der Waals surface area contributed by atoms with Crippen molar-refractivity contribution >= 4 is 11.9 Å². The molecule has 0 saturated heterocycles. The summed E-state index contributed by atoms with van der Waals surface area (Å²) in [6.45, 7) is 7.64. The number of benzene rings is 2. The molecule has 7 heteroatoms. The van der Waals surface area contributed by atoms with Crippen LogP contribution in [0.5, 0.6) is 17.2 Å². The van der Waals surface area contributed by atoms with E-state index in [4.69, 9.17) is 14.2 Å². The summed E-state index contributed by atoms with van der Waals surface area (Å²) in [6.07, 6.45) is 2.25. The average molecular weight is 473 g/mol. The lowest BCUT2D eigenvalue weighted by Crippen LogP contribution is -2.24. The van der Waals surface area contributed by atoms with E-state index in [0.29, 0.717) is 50.4 Å². The number of hydrogen-bond donors (Lipinski definition) is 2. The Morgan fingerprint density at radius 1 is 0.765 bits per heavy atom. The fraction of sp³-hybridized carbons (Fsp3) is 0.481. The summed E-state index contributed by atoms with van der Waals surface area (Å²) in [7, 11) is 1.61. The second-order valence-electron chi connectivity index (χ2n) is 9.67. The van der Waals surface area contributed by atoms with Crippen LogP contribution in [-0.2, 0) is 9.59 Å². The molecule has 0 aromatic heterocycles. The Morgan fingerprint density at radius 2 is 1.26 bits per heavy atom. The standard InChI is InChI=1S/C27H36O7/c1-26(2,24(28)29)14-6-16-33-21-12-13-23(34-17-7-15-27(3,4)25(30)31)22(18-21)19-8-10-20(32-5)11-9-19/h8-13,18H,6-7,14-17H2,1-5H3,(H,28,29)(H,30,31). The van der Waals surface area contributed by atoms with Gasteiger partial charge in [-0.1, -0.05) is 12.1 Å². The van der Waals surface area contributed by atoms with E-state index >= 15 is 0 Å². The number of carboxylic acid groups (broad SMARTS) is 2. The van der Waals surface area contributed by atoms with Crippen LogP contribution in [0, 0.1) is 10.8 Å². The molecule has 7 nitrogen and oxygen atoms in total. The Hall–Kier alpha value is -3.22. The first-order valence-corrected chi connectivity index (χ1v) is 11.5. The molecule has 2 rings (SSSR count). The quantitative estimate of drug-likeness (QED) is 0.330. The van der Waals surface area contributed by atoms with Gasteiger partial charge in [-0.25, -0.2) is 0 Å². The lowest BCUT2D eigenvalue weighted by atomic mass is 9.88. The third-order valence-electron chi connectivity index (χ3n) is 5.93. The van der Waals surface area contributed by atoms with E-state index in [9.17, 15) is 19.8 Å². The third kappa shape index (κ3) is 7.68. The Balaban J connectivity index is 2.11. The maximum Gasteiger partial charge on any atom is 0.309 e. The molecular weight excluding hydrogens is 436 g/mol. The van der Waals surface area contributed by atoms with Gasteiger partial charge >= 0.3 is 11.9 Å². The molecule has 0 atom stereocenters. The molecule has 2 aromatic rings. The number of methoxy groups -OCH3 is 1. The lowest BCUT2D eigenvalue weighted by molar-refractivity contribution is -0.148. The molecule has 34 heavy (non-hydrogen) atoms. The van der Waals surface area contributed by atoms with Gasteiger partial charge in [-0.2, -0.15) is 0 Å². The molecule has 2 N–H and O–H groups in total. The van der Waals surface area contributed by atoms with Gasteiger partial charge < -0.3 is 24.4 Å². The highest BCUT2D eigenvalue weighted by Crippen LogP contribution is 2.35.